The van der Waals surface area contributed by atoms with Gasteiger partial charge >= 0.3 is 0 Å². The summed E-state index contributed by atoms with van der Waals surface area (Å²) in [6.07, 6.45) is 1.05. The lowest BCUT2D eigenvalue weighted by Gasteiger charge is -2.37. The third-order valence-corrected chi connectivity index (χ3v) is 6.32. The number of rotatable bonds is 13. The van der Waals surface area contributed by atoms with Gasteiger partial charge in [0.25, 0.3) is 11.8 Å². The molecule has 0 aliphatic carbocycles. The molecule has 34 heavy (non-hydrogen) atoms. The summed E-state index contributed by atoms with van der Waals surface area (Å²) in [6.45, 7) is 14.5. The molecule has 2 atom stereocenters. The van der Waals surface area contributed by atoms with Gasteiger partial charge in [0.2, 0.25) is 24.3 Å². The SMILES string of the molecule is Cc1noc(C(CSSCC(NC=O)(OC(C)(C)C)c2nc(C)no2)(NC=O)OC(C)(C)C)n1. The molecule has 0 aliphatic rings. The minimum Gasteiger partial charge on any atom is -0.341 e. The quantitative estimate of drug-likeness (QED) is 0.174. The van der Waals surface area contributed by atoms with Crippen LogP contribution in [-0.2, 0) is 30.5 Å². The predicted octanol–water partition coefficient (Wildman–Crippen LogP) is 2.58. The van der Waals surface area contributed by atoms with Crippen molar-refractivity contribution >= 4 is 34.4 Å². The zero-order valence-electron chi connectivity index (χ0n) is 20.6. The Kier molecular flexibility index (Phi) is 9.13. The molecule has 0 bridgehead atoms. The van der Waals surface area contributed by atoms with E-state index in [1.807, 2.05) is 41.5 Å². The van der Waals surface area contributed by atoms with Crippen LogP contribution in [0.4, 0.5) is 0 Å². The Bertz CT molecular complexity index is 880. The summed E-state index contributed by atoms with van der Waals surface area (Å²) in [5.74, 6) is 1.45. The zero-order chi connectivity index (χ0) is 25.6. The summed E-state index contributed by atoms with van der Waals surface area (Å²) >= 11 is 0. The highest BCUT2D eigenvalue weighted by molar-refractivity contribution is 8.76. The molecule has 2 heterocycles. The summed E-state index contributed by atoms with van der Waals surface area (Å²) in [7, 11) is 2.68. The van der Waals surface area contributed by atoms with Crippen LogP contribution in [-0.4, -0.2) is 55.8 Å². The Morgan fingerprint density at radius 2 is 1.12 bits per heavy atom. The Morgan fingerprint density at radius 3 is 1.35 bits per heavy atom. The maximum Gasteiger partial charge on any atom is 0.280 e. The van der Waals surface area contributed by atoms with Crippen LogP contribution in [0.5, 0.6) is 0 Å². The molecular weight excluding hydrogens is 484 g/mol. The van der Waals surface area contributed by atoms with Crippen molar-refractivity contribution in [3.8, 4) is 0 Å². The highest BCUT2D eigenvalue weighted by atomic mass is 33.1. The molecule has 2 aromatic heterocycles. The maximum atomic E-state index is 11.5. The second-order valence-electron chi connectivity index (χ2n) is 9.43. The Morgan fingerprint density at radius 1 is 0.765 bits per heavy atom. The van der Waals surface area contributed by atoms with E-state index in [1.54, 1.807) is 13.8 Å². The number of amides is 2. The molecule has 0 saturated carbocycles. The number of carbonyl (C=O) groups excluding carboxylic acids is 2. The third kappa shape index (κ3) is 7.68. The van der Waals surface area contributed by atoms with E-state index in [0.29, 0.717) is 24.5 Å². The molecule has 2 aromatic rings. The van der Waals surface area contributed by atoms with Crippen LogP contribution < -0.4 is 10.6 Å². The number of aryl methyl sites for hydroxylation is 2. The van der Waals surface area contributed by atoms with Gasteiger partial charge in [-0.15, -0.1) is 0 Å². The van der Waals surface area contributed by atoms with Crippen molar-refractivity contribution in [2.75, 3.05) is 11.5 Å². The molecule has 12 nitrogen and oxygen atoms in total. The first-order valence-electron chi connectivity index (χ1n) is 10.4. The van der Waals surface area contributed by atoms with Gasteiger partial charge in [-0.1, -0.05) is 31.9 Å². The Labute approximate surface area is 206 Å². The average Bonchev–Trinajstić information content (AvgIpc) is 3.32. The Hall–Kier alpha value is -2.16. The van der Waals surface area contributed by atoms with E-state index < -0.39 is 22.7 Å². The van der Waals surface area contributed by atoms with Gasteiger partial charge in [0.05, 0.1) is 22.7 Å². The first-order chi connectivity index (χ1) is 15.7. The Balaban J connectivity index is 2.29. The van der Waals surface area contributed by atoms with Crippen LogP contribution >= 0.6 is 21.6 Å². The molecule has 0 fully saturated rings. The van der Waals surface area contributed by atoms with Gasteiger partial charge in [-0.25, -0.2) is 0 Å². The first kappa shape index (κ1) is 28.1. The predicted molar refractivity (Wildman–Crippen MR) is 126 cm³/mol. The van der Waals surface area contributed by atoms with Gasteiger partial charge < -0.3 is 29.2 Å². The van der Waals surface area contributed by atoms with Crippen molar-refractivity contribution < 1.29 is 28.1 Å². The number of nitrogens with zero attached hydrogens (tertiary/aromatic N) is 4. The van der Waals surface area contributed by atoms with E-state index in [0.717, 1.165) is 0 Å². The second kappa shape index (κ2) is 11.1. The fourth-order valence-electron chi connectivity index (χ4n) is 2.94. The lowest BCUT2D eigenvalue weighted by atomic mass is 10.1. The molecule has 2 rings (SSSR count). The van der Waals surface area contributed by atoms with Gasteiger partial charge in [-0.3, -0.25) is 9.59 Å². The third-order valence-electron chi connectivity index (χ3n) is 3.90. The van der Waals surface area contributed by atoms with Gasteiger partial charge in [0.1, 0.15) is 0 Å². The summed E-state index contributed by atoms with van der Waals surface area (Å²) in [6, 6.07) is 0. The molecule has 0 saturated heterocycles. The van der Waals surface area contributed by atoms with Crippen molar-refractivity contribution in [3.63, 3.8) is 0 Å². The second-order valence-corrected chi connectivity index (χ2v) is 11.9. The van der Waals surface area contributed by atoms with Crippen LogP contribution in [0.15, 0.2) is 9.05 Å². The average molecular weight is 517 g/mol. The number of hydrogen-bond donors (Lipinski definition) is 2. The van der Waals surface area contributed by atoms with E-state index in [1.165, 1.54) is 21.6 Å². The smallest absolute Gasteiger partial charge is 0.280 e. The number of aromatic nitrogens is 4. The lowest BCUT2D eigenvalue weighted by Crippen LogP contribution is -2.51. The van der Waals surface area contributed by atoms with Crippen molar-refractivity contribution in [2.45, 2.75) is 78.0 Å². The van der Waals surface area contributed by atoms with E-state index in [2.05, 4.69) is 30.9 Å². The minimum atomic E-state index is -1.38. The molecule has 2 unspecified atom stereocenters. The maximum absolute atomic E-state index is 11.5. The number of carbonyl (C=O) groups is 2. The topological polar surface area (TPSA) is 154 Å². The normalized spacial score (nSPS) is 15.9. The molecule has 0 spiro atoms. The molecule has 190 valence electrons. The van der Waals surface area contributed by atoms with Crippen molar-refractivity contribution in [3.05, 3.63) is 23.4 Å². The fraction of sp³-hybridized carbons (Fsp3) is 0.700. The lowest BCUT2D eigenvalue weighted by molar-refractivity contribution is -0.162. The summed E-state index contributed by atoms with van der Waals surface area (Å²) in [5.41, 5.74) is -4.07. The van der Waals surface area contributed by atoms with Crippen molar-refractivity contribution in [1.82, 2.24) is 30.9 Å². The largest absolute Gasteiger partial charge is 0.341 e. The van der Waals surface area contributed by atoms with Crippen molar-refractivity contribution in [2.24, 2.45) is 0 Å². The van der Waals surface area contributed by atoms with E-state index >= 15 is 0 Å². The summed E-state index contributed by atoms with van der Waals surface area (Å²) in [5, 5.41) is 13.1. The van der Waals surface area contributed by atoms with Gasteiger partial charge in [-0.05, 0) is 55.4 Å². The minimum absolute atomic E-state index is 0.121. The molecule has 0 aromatic carbocycles. The van der Waals surface area contributed by atoms with Gasteiger partial charge in [-0.2, -0.15) is 9.97 Å². The number of ether oxygens (including phenoxy) is 2. The zero-order valence-corrected chi connectivity index (χ0v) is 22.3. The van der Waals surface area contributed by atoms with Crippen LogP contribution in [0.2, 0.25) is 0 Å². The monoisotopic (exact) mass is 516 g/mol. The van der Waals surface area contributed by atoms with E-state index in [-0.39, 0.29) is 23.3 Å². The molecule has 2 N–H and O–H groups in total. The fourth-order valence-corrected chi connectivity index (χ4v) is 5.47. The van der Waals surface area contributed by atoms with Crippen molar-refractivity contribution in [1.29, 1.82) is 0 Å². The van der Waals surface area contributed by atoms with Crippen LogP contribution in [0.3, 0.4) is 0 Å². The molecule has 2 amide bonds. The van der Waals surface area contributed by atoms with Crippen LogP contribution in [0.25, 0.3) is 0 Å². The van der Waals surface area contributed by atoms with Crippen LogP contribution in [0.1, 0.15) is 65.0 Å². The summed E-state index contributed by atoms with van der Waals surface area (Å²) < 4.78 is 23.1. The highest BCUT2D eigenvalue weighted by Gasteiger charge is 2.45. The number of nitrogens with one attached hydrogen (secondary N) is 2. The van der Waals surface area contributed by atoms with Gasteiger partial charge in [0, 0.05) is 0 Å². The van der Waals surface area contributed by atoms with E-state index in [9.17, 15) is 9.59 Å². The molecule has 14 heteroatoms. The standard InChI is InChI=1S/C20H32N6O6S2/c1-13-23-15(29-25-13)19(21-11-27,31-17(3,4)5)9-33-34-10-20(22-12-28,32-18(6,7)8)16-24-14(2)26-30-16/h11-12H,9-10H2,1-8H3,(H,21,27)(H,22,28). The first-order valence-corrected chi connectivity index (χ1v) is 12.9. The molecule has 0 aliphatic heterocycles. The van der Waals surface area contributed by atoms with Crippen LogP contribution in [0, 0.1) is 13.8 Å². The van der Waals surface area contributed by atoms with E-state index in [4.69, 9.17) is 18.5 Å². The highest BCUT2D eigenvalue weighted by Crippen LogP contribution is 2.39. The van der Waals surface area contributed by atoms with Gasteiger partial charge in [0.15, 0.2) is 11.6 Å². The molecular formula is C20H32N6O6S2. The molecule has 0 radical (unpaired) electrons. The summed E-state index contributed by atoms with van der Waals surface area (Å²) in [4.78, 5) is 31.6. The number of hydrogen-bond acceptors (Lipinski definition) is 12.